The first kappa shape index (κ1) is 14.7. The van der Waals surface area contributed by atoms with Gasteiger partial charge in [0.2, 0.25) is 0 Å². The Balaban J connectivity index is 2.12. The topological polar surface area (TPSA) is 98.7 Å². The molecule has 0 fully saturated rings. The van der Waals surface area contributed by atoms with Gasteiger partial charge in [0, 0.05) is 10.7 Å². The standard InChI is InChI=1S/C14H11ClN2O4/c15-9-2-1-3-10(7-9)16-14(21)17-11-6-8(13(19)20)4-5-12(11)18/h1-7,18H,(H,19,20)(H2,16,17,21). The number of aromatic carboxylic acids is 1. The zero-order chi connectivity index (χ0) is 15.4. The van der Waals surface area contributed by atoms with Crippen molar-refractivity contribution in [1.82, 2.24) is 0 Å². The number of anilines is 2. The molecule has 0 saturated carbocycles. The number of hydrogen-bond acceptors (Lipinski definition) is 3. The first-order valence-electron chi connectivity index (χ1n) is 5.85. The minimum Gasteiger partial charge on any atom is -0.506 e. The Morgan fingerprint density at radius 2 is 1.81 bits per heavy atom. The maximum absolute atomic E-state index is 11.8. The summed E-state index contributed by atoms with van der Waals surface area (Å²) < 4.78 is 0. The molecule has 0 atom stereocenters. The van der Waals surface area contributed by atoms with Gasteiger partial charge < -0.3 is 20.8 Å². The molecule has 2 rings (SSSR count). The monoisotopic (exact) mass is 306 g/mol. The van der Waals surface area contributed by atoms with Gasteiger partial charge in [-0.25, -0.2) is 9.59 Å². The number of carbonyl (C=O) groups is 2. The van der Waals surface area contributed by atoms with Crippen molar-refractivity contribution < 1.29 is 19.8 Å². The quantitative estimate of drug-likeness (QED) is 0.653. The molecule has 0 radical (unpaired) electrons. The summed E-state index contributed by atoms with van der Waals surface area (Å²) in [6, 6.07) is 9.47. The molecule has 0 spiro atoms. The van der Waals surface area contributed by atoms with Crippen LogP contribution in [0.5, 0.6) is 5.75 Å². The van der Waals surface area contributed by atoms with E-state index in [4.69, 9.17) is 16.7 Å². The van der Waals surface area contributed by atoms with Gasteiger partial charge in [-0.15, -0.1) is 0 Å². The zero-order valence-electron chi connectivity index (χ0n) is 10.6. The molecule has 0 heterocycles. The number of rotatable bonds is 3. The lowest BCUT2D eigenvalue weighted by Crippen LogP contribution is -2.19. The highest BCUT2D eigenvalue weighted by atomic mass is 35.5. The first-order valence-corrected chi connectivity index (χ1v) is 6.23. The van der Waals surface area contributed by atoms with Crippen molar-refractivity contribution in [3.8, 4) is 5.75 Å². The number of hydrogen-bond donors (Lipinski definition) is 4. The number of carboxylic acid groups (broad SMARTS) is 1. The average molecular weight is 307 g/mol. The molecule has 6 nitrogen and oxygen atoms in total. The summed E-state index contributed by atoms with van der Waals surface area (Å²) in [5, 5.41) is 23.8. The van der Waals surface area contributed by atoms with Crippen LogP contribution >= 0.6 is 11.6 Å². The molecular formula is C14H11ClN2O4. The summed E-state index contributed by atoms with van der Waals surface area (Å²) in [4.78, 5) is 22.7. The van der Waals surface area contributed by atoms with Crippen molar-refractivity contribution in [3.63, 3.8) is 0 Å². The van der Waals surface area contributed by atoms with E-state index in [1.54, 1.807) is 24.3 Å². The number of nitrogens with one attached hydrogen (secondary N) is 2. The van der Waals surface area contributed by atoms with Gasteiger partial charge in [-0.1, -0.05) is 17.7 Å². The molecule has 0 aliphatic rings. The Morgan fingerprint density at radius 1 is 1.05 bits per heavy atom. The van der Waals surface area contributed by atoms with Crippen LogP contribution in [0.1, 0.15) is 10.4 Å². The summed E-state index contributed by atoms with van der Waals surface area (Å²) in [6.07, 6.45) is 0. The second kappa shape index (κ2) is 6.15. The smallest absolute Gasteiger partial charge is 0.335 e. The van der Waals surface area contributed by atoms with E-state index in [1.807, 2.05) is 0 Å². The summed E-state index contributed by atoms with van der Waals surface area (Å²) >= 11 is 5.79. The van der Waals surface area contributed by atoms with Gasteiger partial charge in [0.1, 0.15) is 5.75 Å². The lowest BCUT2D eigenvalue weighted by molar-refractivity contribution is 0.0697. The summed E-state index contributed by atoms with van der Waals surface area (Å²) in [7, 11) is 0. The molecular weight excluding hydrogens is 296 g/mol. The molecule has 108 valence electrons. The van der Waals surface area contributed by atoms with Crippen LogP contribution < -0.4 is 10.6 Å². The highest BCUT2D eigenvalue weighted by Gasteiger charge is 2.10. The van der Waals surface area contributed by atoms with E-state index in [1.165, 1.54) is 12.1 Å². The van der Waals surface area contributed by atoms with Crippen LogP contribution in [0.25, 0.3) is 0 Å². The van der Waals surface area contributed by atoms with E-state index in [2.05, 4.69) is 10.6 Å². The Hall–Kier alpha value is -2.73. The number of carbonyl (C=O) groups excluding carboxylic acids is 1. The number of carboxylic acids is 1. The van der Waals surface area contributed by atoms with Gasteiger partial charge in [0.25, 0.3) is 0 Å². The maximum Gasteiger partial charge on any atom is 0.335 e. The second-order valence-corrected chi connectivity index (χ2v) is 4.56. The molecule has 4 N–H and O–H groups in total. The Kier molecular flexibility index (Phi) is 4.30. The van der Waals surface area contributed by atoms with Crippen molar-refractivity contribution in [2.24, 2.45) is 0 Å². The molecule has 2 aromatic rings. The third-order valence-corrected chi connectivity index (χ3v) is 2.81. The fraction of sp³-hybridized carbons (Fsp3) is 0. The number of amides is 2. The van der Waals surface area contributed by atoms with E-state index in [0.717, 1.165) is 6.07 Å². The number of benzene rings is 2. The van der Waals surface area contributed by atoms with E-state index in [0.29, 0.717) is 10.7 Å². The number of urea groups is 1. The predicted molar refractivity (Wildman–Crippen MR) is 79.2 cm³/mol. The zero-order valence-corrected chi connectivity index (χ0v) is 11.4. The number of phenolic OH excluding ortho intramolecular Hbond substituents is 1. The number of aromatic hydroxyl groups is 1. The van der Waals surface area contributed by atoms with Crippen LogP contribution in [0.4, 0.5) is 16.2 Å². The Bertz CT molecular complexity index is 703. The lowest BCUT2D eigenvalue weighted by Gasteiger charge is -2.10. The highest BCUT2D eigenvalue weighted by Crippen LogP contribution is 2.24. The highest BCUT2D eigenvalue weighted by molar-refractivity contribution is 6.30. The van der Waals surface area contributed by atoms with Crippen LogP contribution in [0.2, 0.25) is 5.02 Å². The molecule has 0 bridgehead atoms. The first-order chi connectivity index (χ1) is 9.95. The summed E-state index contributed by atoms with van der Waals surface area (Å²) in [5.41, 5.74) is 0.411. The minimum absolute atomic E-state index is 0.00516. The van der Waals surface area contributed by atoms with Gasteiger partial charge >= 0.3 is 12.0 Å². The fourth-order valence-corrected chi connectivity index (χ4v) is 1.81. The van der Waals surface area contributed by atoms with Crippen LogP contribution in [0.3, 0.4) is 0 Å². The molecule has 0 saturated heterocycles. The molecule has 7 heteroatoms. The maximum atomic E-state index is 11.8. The average Bonchev–Trinajstić information content (AvgIpc) is 2.41. The second-order valence-electron chi connectivity index (χ2n) is 4.13. The third-order valence-electron chi connectivity index (χ3n) is 2.57. The Labute approximate surface area is 125 Å². The molecule has 0 unspecified atom stereocenters. The van der Waals surface area contributed by atoms with E-state index in [9.17, 15) is 14.7 Å². The van der Waals surface area contributed by atoms with Crippen molar-refractivity contribution in [3.05, 3.63) is 53.1 Å². The van der Waals surface area contributed by atoms with Gasteiger partial charge in [-0.05, 0) is 36.4 Å². The van der Waals surface area contributed by atoms with E-state index < -0.39 is 12.0 Å². The Morgan fingerprint density at radius 3 is 2.48 bits per heavy atom. The van der Waals surface area contributed by atoms with E-state index >= 15 is 0 Å². The van der Waals surface area contributed by atoms with Crippen LogP contribution in [-0.4, -0.2) is 22.2 Å². The van der Waals surface area contributed by atoms with Gasteiger partial charge in [-0.3, -0.25) is 0 Å². The molecule has 0 aliphatic carbocycles. The molecule has 21 heavy (non-hydrogen) atoms. The predicted octanol–water partition coefficient (Wildman–Crippen LogP) is 3.39. The lowest BCUT2D eigenvalue weighted by atomic mass is 10.2. The number of phenols is 1. The largest absolute Gasteiger partial charge is 0.506 e. The molecule has 2 amide bonds. The minimum atomic E-state index is -1.16. The fourth-order valence-electron chi connectivity index (χ4n) is 1.62. The van der Waals surface area contributed by atoms with Gasteiger partial charge in [0.05, 0.1) is 11.3 Å². The van der Waals surface area contributed by atoms with Crippen molar-refractivity contribution >= 4 is 35.0 Å². The SMILES string of the molecule is O=C(Nc1cccc(Cl)c1)Nc1cc(C(=O)O)ccc1O. The van der Waals surface area contributed by atoms with Crippen LogP contribution in [-0.2, 0) is 0 Å². The van der Waals surface area contributed by atoms with Crippen molar-refractivity contribution in [2.45, 2.75) is 0 Å². The van der Waals surface area contributed by atoms with Crippen LogP contribution in [0.15, 0.2) is 42.5 Å². The van der Waals surface area contributed by atoms with Crippen molar-refractivity contribution in [1.29, 1.82) is 0 Å². The van der Waals surface area contributed by atoms with Crippen molar-refractivity contribution in [2.75, 3.05) is 10.6 Å². The summed E-state index contributed by atoms with van der Waals surface area (Å²) in [5.74, 6) is -1.39. The van der Waals surface area contributed by atoms with Gasteiger partial charge in [0.15, 0.2) is 0 Å². The molecule has 0 aromatic heterocycles. The summed E-state index contributed by atoms with van der Waals surface area (Å²) in [6.45, 7) is 0. The van der Waals surface area contributed by atoms with Gasteiger partial charge in [-0.2, -0.15) is 0 Å². The third kappa shape index (κ3) is 3.87. The van der Waals surface area contributed by atoms with E-state index in [-0.39, 0.29) is 17.0 Å². The number of halogens is 1. The van der Waals surface area contributed by atoms with Crippen LogP contribution in [0, 0.1) is 0 Å². The molecule has 2 aromatic carbocycles. The molecule has 0 aliphatic heterocycles. The normalized spacial score (nSPS) is 9.95.